The van der Waals surface area contributed by atoms with Crippen LogP contribution in [0.5, 0.6) is 0 Å². The first-order valence-electron chi connectivity index (χ1n) is 4.72. The van der Waals surface area contributed by atoms with E-state index >= 15 is 0 Å². The van der Waals surface area contributed by atoms with Gasteiger partial charge < -0.3 is 0 Å². The van der Waals surface area contributed by atoms with E-state index in [0.717, 1.165) is 0 Å². The minimum Gasteiger partial charge on any atom is -0.289 e. The molecule has 0 amide bonds. The van der Waals surface area contributed by atoms with E-state index in [1.165, 1.54) is 24.3 Å². The highest BCUT2D eigenvalue weighted by Gasteiger charge is 2.08. The van der Waals surface area contributed by atoms with E-state index in [0.29, 0.717) is 16.1 Å². The molecule has 0 aliphatic heterocycles. The van der Waals surface area contributed by atoms with E-state index in [-0.39, 0.29) is 11.6 Å². The first-order chi connectivity index (χ1) is 7.66. The van der Waals surface area contributed by atoms with E-state index in [1.54, 1.807) is 24.3 Å². The number of ketones is 1. The molecular weight excluding hydrogens is 227 g/mol. The summed E-state index contributed by atoms with van der Waals surface area (Å²) in [6.45, 7) is 0. The average molecular weight is 235 g/mol. The predicted molar refractivity (Wildman–Crippen MR) is 61.3 cm³/mol. The molecule has 2 rings (SSSR count). The van der Waals surface area contributed by atoms with Crippen LogP contribution < -0.4 is 0 Å². The Morgan fingerprint density at radius 2 is 1.31 bits per heavy atom. The molecule has 1 nitrogen and oxygen atoms in total. The molecule has 0 aromatic heterocycles. The minimum absolute atomic E-state index is 0.142. The summed E-state index contributed by atoms with van der Waals surface area (Å²) in [5.74, 6) is -0.496. The molecular formula is C13H8ClFO. The second kappa shape index (κ2) is 4.45. The normalized spacial score (nSPS) is 10.1. The monoisotopic (exact) mass is 234 g/mol. The number of halogens is 2. The van der Waals surface area contributed by atoms with Crippen molar-refractivity contribution >= 4 is 17.4 Å². The summed E-state index contributed by atoms with van der Waals surface area (Å²) in [6, 6.07) is 12.1. The first-order valence-corrected chi connectivity index (χ1v) is 5.10. The average Bonchev–Trinajstić information content (AvgIpc) is 2.30. The molecule has 0 spiro atoms. The van der Waals surface area contributed by atoms with Crippen LogP contribution in [0.2, 0.25) is 5.02 Å². The molecule has 3 heteroatoms. The summed E-state index contributed by atoms with van der Waals surface area (Å²) in [5.41, 5.74) is 1.000. The number of benzene rings is 2. The van der Waals surface area contributed by atoms with Crippen LogP contribution in [-0.4, -0.2) is 5.78 Å². The highest BCUT2D eigenvalue weighted by Crippen LogP contribution is 2.14. The summed E-state index contributed by atoms with van der Waals surface area (Å²) < 4.78 is 12.7. The van der Waals surface area contributed by atoms with Crippen LogP contribution in [0.25, 0.3) is 0 Å². The molecule has 2 aromatic carbocycles. The predicted octanol–water partition coefficient (Wildman–Crippen LogP) is 3.71. The van der Waals surface area contributed by atoms with Crippen LogP contribution in [0, 0.1) is 5.82 Å². The van der Waals surface area contributed by atoms with Gasteiger partial charge >= 0.3 is 0 Å². The molecule has 0 aliphatic rings. The zero-order chi connectivity index (χ0) is 11.5. The van der Waals surface area contributed by atoms with Crippen molar-refractivity contribution in [2.75, 3.05) is 0 Å². The van der Waals surface area contributed by atoms with E-state index in [9.17, 15) is 9.18 Å². The maximum atomic E-state index is 12.7. The van der Waals surface area contributed by atoms with Gasteiger partial charge in [-0.05, 0) is 48.5 Å². The van der Waals surface area contributed by atoms with Crippen LogP contribution in [0.3, 0.4) is 0 Å². The molecule has 0 atom stereocenters. The molecule has 2 aromatic rings. The van der Waals surface area contributed by atoms with Crippen molar-refractivity contribution in [3.63, 3.8) is 0 Å². The van der Waals surface area contributed by atoms with Crippen LogP contribution in [0.15, 0.2) is 48.5 Å². The molecule has 0 heterocycles. The minimum atomic E-state index is -0.354. The van der Waals surface area contributed by atoms with Crippen molar-refractivity contribution in [3.8, 4) is 0 Å². The molecule has 0 unspecified atom stereocenters. The van der Waals surface area contributed by atoms with Gasteiger partial charge in [-0.3, -0.25) is 4.79 Å². The van der Waals surface area contributed by atoms with E-state index in [1.807, 2.05) is 0 Å². The molecule has 0 bridgehead atoms. The molecule has 16 heavy (non-hydrogen) atoms. The third-order valence-electron chi connectivity index (χ3n) is 2.21. The highest BCUT2D eigenvalue weighted by atomic mass is 35.5. The van der Waals surface area contributed by atoms with Crippen molar-refractivity contribution in [1.29, 1.82) is 0 Å². The summed E-state index contributed by atoms with van der Waals surface area (Å²) >= 11 is 5.72. The van der Waals surface area contributed by atoms with E-state index < -0.39 is 0 Å². The standard InChI is InChI=1S/C13H8ClFO/c14-11-5-1-9(2-6-11)13(16)10-3-7-12(15)8-4-10/h1-8H. The lowest BCUT2D eigenvalue weighted by Gasteiger charge is -2.01. The van der Waals surface area contributed by atoms with Crippen LogP contribution in [-0.2, 0) is 0 Å². The molecule has 0 radical (unpaired) electrons. The second-order valence-corrected chi connectivity index (χ2v) is 3.78. The van der Waals surface area contributed by atoms with Gasteiger partial charge in [-0.1, -0.05) is 11.6 Å². The molecule has 0 aliphatic carbocycles. The van der Waals surface area contributed by atoms with Crippen molar-refractivity contribution in [1.82, 2.24) is 0 Å². The fourth-order valence-electron chi connectivity index (χ4n) is 1.37. The Kier molecular flexibility index (Phi) is 3.02. The largest absolute Gasteiger partial charge is 0.289 e. The van der Waals surface area contributed by atoms with Crippen molar-refractivity contribution < 1.29 is 9.18 Å². The summed E-state index contributed by atoms with van der Waals surface area (Å²) in [6.07, 6.45) is 0. The van der Waals surface area contributed by atoms with Crippen LogP contribution >= 0.6 is 11.6 Å². The number of rotatable bonds is 2. The zero-order valence-electron chi connectivity index (χ0n) is 8.28. The van der Waals surface area contributed by atoms with E-state index in [4.69, 9.17) is 11.6 Å². The second-order valence-electron chi connectivity index (χ2n) is 3.34. The number of hydrogen-bond acceptors (Lipinski definition) is 1. The topological polar surface area (TPSA) is 17.1 Å². The molecule has 0 saturated carbocycles. The Morgan fingerprint density at radius 1 is 0.875 bits per heavy atom. The summed E-state index contributed by atoms with van der Waals surface area (Å²) in [7, 11) is 0. The van der Waals surface area contributed by atoms with Crippen LogP contribution in [0.1, 0.15) is 15.9 Å². The molecule has 0 fully saturated rings. The van der Waals surface area contributed by atoms with Gasteiger partial charge in [-0.25, -0.2) is 4.39 Å². The Morgan fingerprint density at radius 3 is 1.81 bits per heavy atom. The van der Waals surface area contributed by atoms with Crippen molar-refractivity contribution in [2.45, 2.75) is 0 Å². The third-order valence-corrected chi connectivity index (χ3v) is 2.46. The Balaban J connectivity index is 2.32. The first kappa shape index (κ1) is 10.8. The molecule has 80 valence electrons. The van der Waals surface area contributed by atoms with Gasteiger partial charge in [0.2, 0.25) is 0 Å². The van der Waals surface area contributed by atoms with Crippen LogP contribution in [0.4, 0.5) is 4.39 Å². The summed E-state index contributed by atoms with van der Waals surface area (Å²) in [5, 5.41) is 0.579. The summed E-state index contributed by atoms with van der Waals surface area (Å²) in [4.78, 5) is 11.9. The highest BCUT2D eigenvalue weighted by molar-refractivity contribution is 6.30. The smallest absolute Gasteiger partial charge is 0.193 e. The Labute approximate surface area is 97.5 Å². The van der Waals surface area contributed by atoms with Crippen molar-refractivity contribution in [3.05, 3.63) is 70.5 Å². The Hall–Kier alpha value is -1.67. The molecule has 0 N–H and O–H groups in total. The maximum absolute atomic E-state index is 12.7. The number of carbonyl (C=O) groups is 1. The lowest BCUT2D eigenvalue weighted by Crippen LogP contribution is -2.00. The third kappa shape index (κ3) is 2.28. The zero-order valence-corrected chi connectivity index (χ0v) is 9.04. The fourth-order valence-corrected chi connectivity index (χ4v) is 1.50. The van der Waals surface area contributed by atoms with Gasteiger partial charge in [0.25, 0.3) is 0 Å². The van der Waals surface area contributed by atoms with Gasteiger partial charge in [0, 0.05) is 16.1 Å². The van der Waals surface area contributed by atoms with E-state index in [2.05, 4.69) is 0 Å². The lowest BCUT2D eigenvalue weighted by molar-refractivity contribution is 0.103. The maximum Gasteiger partial charge on any atom is 0.193 e. The quantitative estimate of drug-likeness (QED) is 0.724. The van der Waals surface area contributed by atoms with Gasteiger partial charge in [0.15, 0.2) is 5.78 Å². The van der Waals surface area contributed by atoms with Gasteiger partial charge in [-0.2, -0.15) is 0 Å². The van der Waals surface area contributed by atoms with Gasteiger partial charge in [0.05, 0.1) is 0 Å². The SMILES string of the molecule is O=C(c1ccc(F)cc1)c1ccc(Cl)cc1. The van der Waals surface area contributed by atoms with Gasteiger partial charge in [-0.15, -0.1) is 0 Å². The van der Waals surface area contributed by atoms with Gasteiger partial charge in [0.1, 0.15) is 5.82 Å². The Bertz CT molecular complexity index is 455. The molecule has 0 saturated heterocycles. The fraction of sp³-hybridized carbons (Fsp3) is 0. The number of carbonyl (C=O) groups excluding carboxylic acids is 1. The van der Waals surface area contributed by atoms with Crippen molar-refractivity contribution in [2.24, 2.45) is 0 Å². The number of hydrogen-bond donors (Lipinski definition) is 0. The lowest BCUT2D eigenvalue weighted by atomic mass is 10.0.